The van der Waals surface area contributed by atoms with Crippen LogP contribution in [-0.2, 0) is 4.79 Å². The fourth-order valence-corrected chi connectivity index (χ4v) is 4.92. The van der Waals surface area contributed by atoms with Crippen LogP contribution < -0.4 is 15.0 Å². The van der Waals surface area contributed by atoms with Crippen LogP contribution in [-0.4, -0.2) is 34.6 Å². The zero-order valence-corrected chi connectivity index (χ0v) is 18.1. The molecule has 1 N–H and O–H groups in total. The van der Waals surface area contributed by atoms with Crippen molar-refractivity contribution in [3.63, 3.8) is 0 Å². The van der Waals surface area contributed by atoms with Crippen molar-refractivity contribution in [2.45, 2.75) is 37.8 Å². The van der Waals surface area contributed by atoms with E-state index in [1.807, 2.05) is 17.5 Å². The third-order valence-corrected chi connectivity index (χ3v) is 6.60. The van der Waals surface area contributed by atoms with Gasteiger partial charge in [0.25, 0.3) is 5.91 Å². The highest BCUT2D eigenvalue weighted by Gasteiger charge is 2.36. The number of hydrogen-bond donors (Lipinski definition) is 1. The van der Waals surface area contributed by atoms with Crippen LogP contribution in [0.2, 0.25) is 0 Å². The highest BCUT2D eigenvalue weighted by Crippen LogP contribution is 2.33. The smallest absolute Gasteiger partial charge is 0.280 e. The number of nitrogens with one attached hydrogen (secondary N) is 1. The van der Waals surface area contributed by atoms with Gasteiger partial charge in [-0.2, -0.15) is 0 Å². The summed E-state index contributed by atoms with van der Waals surface area (Å²) < 4.78 is 9.07. The molecular formula is C21H22N4O3S2. The molecule has 156 valence electrons. The van der Waals surface area contributed by atoms with E-state index in [9.17, 15) is 9.59 Å². The maximum Gasteiger partial charge on any atom is 0.280 e. The van der Waals surface area contributed by atoms with Crippen molar-refractivity contribution in [2.24, 2.45) is 0 Å². The van der Waals surface area contributed by atoms with E-state index in [-0.39, 0.29) is 23.6 Å². The molecule has 1 saturated carbocycles. The number of benzene rings is 1. The summed E-state index contributed by atoms with van der Waals surface area (Å²) in [4.78, 5) is 29.2. The number of ether oxygens (including phenoxy) is 1. The van der Waals surface area contributed by atoms with E-state index in [1.54, 1.807) is 36.8 Å². The van der Waals surface area contributed by atoms with Crippen LogP contribution in [0.15, 0.2) is 47.2 Å². The summed E-state index contributed by atoms with van der Waals surface area (Å²) in [5.41, 5.74) is 0.805. The van der Waals surface area contributed by atoms with Crippen LogP contribution in [0.5, 0.6) is 5.75 Å². The monoisotopic (exact) mass is 442 g/mol. The molecule has 1 aromatic carbocycles. The van der Waals surface area contributed by atoms with E-state index in [2.05, 4.69) is 14.9 Å². The predicted octanol–water partition coefficient (Wildman–Crippen LogP) is 4.06. The summed E-state index contributed by atoms with van der Waals surface area (Å²) in [6.07, 6.45) is 4.16. The minimum atomic E-state index is -0.798. The van der Waals surface area contributed by atoms with E-state index in [4.69, 9.17) is 4.74 Å². The normalized spacial score (nSPS) is 15.0. The molecule has 7 nitrogen and oxygen atoms in total. The topological polar surface area (TPSA) is 84.4 Å². The number of thiophene rings is 1. The lowest BCUT2D eigenvalue weighted by atomic mass is 10.1. The van der Waals surface area contributed by atoms with E-state index < -0.39 is 6.04 Å². The molecule has 1 fully saturated rings. The first-order chi connectivity index (χ1) is 14.7. The number of carbonyl (C=O) groups excluding carboxylic acids is 2. The lowest BCUT2D eigenvalue weighted by Gasteiger charge is -2.31. The van der Waals surface area contributed by atoms with Gasteiger partial charge in [-0.3, -0.25) is 14.5 Å². The molecule has 0 aliphatic heterocycles. The molecule has 1 aliphatic carbocycles. The largest absolute Gasteiger partial charge is 0.497 e. The third kappa shape index (κ3) is 4.36. The number of amides is 2. The molecule has 4 rings (SSSR count). The van der Waals surface area contributed by atoms with Gasteiger partial charge in [-0.25, -0.2) is 0 Å². The van der Waals surface area contributed by atoms with Gasteiger partial charge in [0.05, 0.1) is 7.11 Å². The summed E-state index contributed by atoms with van der Waals surface area (Å²) in [6.45, 7) is 0. The van der Waals surface area contributed by atoms with Crippen molar-refractivity contribution < 1.29 is 14.3 Å². The molecule has 9 heteroatoms. The fourth-order valence-electron chi connectivity index (χ4n) is 3.68. The molecule has 2 aromatic heterocycles. The molecule has 0 spiro atoms. The van der Waals surface area contributed by atoms with E-state index in [0.717, 1.165) is 42.1 Å². The lowest BCUT2D eigenvalue weighted by molar-refractivity contribution is -0.123. The lowest BCUT2D eigenvalue weighted by Crippen LogP contribution is -2.46. The van der Waals surface area contributed by atoms with Crippen LogP contribution in [0.4, 0.5) is 5.69 Å². The first kappa shape index (κ1) is 20.5. The van der Waals surface area contributed by atoms with Gasteiger partial charge in [0.15, 0.2) is 11.7 Å². The van der Waals surface area contributed by atoms with Gasteiger partial charge in [-0.05, 0) is 60.1 Å². The Morgan fingerprint density at radius 1 is 1.20 bits per heavy atom. The quantitative estimate of drug-likeness (QED) is 0.597. The Bertz CT molecular complexity index is 968. The number of hydrogen-bond acceptors (Lipinski definition) is 7. The van der Waals surface area contributed by atoms with E-state index >= 15 is 0 Å². The van der Waals surface area contributed by atoms with Gasteiger partial charge in [-0.1, -0.05) is 23.4 Å². The van der Waals surface area contributed by atoms with Crippen molar-refractivity contribution in [2.75, 3.05) is 12.0 Å². The Labute approximate surface area is 182 Å². The van der Waals surface area contributed by atoms with Crippen LogP contribution in [0.3, 0.4) is 0 Å². The summed E-state index contributed by atoms with van der Waals surface area (Å²) in [7, 11) is 1.59. The molecule has 30 heavy (non-hydrogen) atoms. The van der Waals surface area contributed by atoms with Crippen LogP contribution >= 0.6 is 22.9 Å². The molecule has 1 aliphatic rings. The molecular weight excluding hydrogens is 420 g/mol. The number of aromatic nitrogens is 2. The minimum Gasteiger partial charge on any atom is -0.497 e. The Kier molecular flexibility index (Phi) is 6.39. The third-order valence-electron chi connectivity index (χ3n) is 5.17. The molecule has 1 atom stereocenters. The summed E-state index contributed by atoms with van der Waals surface area (Å²) in [5, 5.41) is 10.6. The predicted molar refractivity (Wildman–Crippen MR) is 117 cm³/mol. The van der Waals surface area contributed by atoms with E-state index in [1.165, 1.54) is 16.2 Å². The average molecular weight is 443 g/mol. The summed E-state index contributed by atoms with van der Waals surface area (Å²) >= 11 is 2.55. The molecule has 2 heterocycles. The van der Waals surface area contributed by atoms with Crippen molar-refractivity contribution >= 4 is 40.4 Å². The fraction of sp³-hybridized carbons (Fsp3) is 0.333. The van der Waals surface area contributed by atoms with Gasteiger partial charge < -0.3 is 10.1 Å². The molecule has 0 bridgehead atoms. The maximum atomic E-state index is 13.5. The van der Waals surface area contributed by atoms with Gasteiger partial charge in [0.2, 0.25) is 5.91 Å². The van der Waals surface area contributed by atoms with Gasteiger partial charge in [0.1, 0.15) is 5.75 Å². The maximum absolute atomic E-state index is 13.5. The summed E-state index contributed by atoms with van der Waals surface area (Å²) in [6, 6.07) is 10.2. The van der Waals surface area contributed by atoms with Crippen molar-refractivity contribution in [1.29, 1.82) is 0 Å². The molecule has 3 aromatic rings. The second kappa shape index (κ2) is 9.36. The first-order valence-electron chi connectivity index (χ1n) is 9.76. The number of rotatable bonds is 7. The van der Waals surface area contributed by atoms with Crippen molar-refractivity contribution in [3.8, 4) is 5.75 Å². The average Bonchev–Trinajstić information content (AvgIpc) is 3.55. The Morgan fingerprint density at radius 2 is 1.97 bits per heavy atom. The zero-order valence-electron chi connectivity index (χ0n) is 16.5. The zero-order chi connectivity index (χ0) is 20.9. The minimum absolute atomic E-state index is 0.147. The number of nitrogens with zero attached hydrogens (tertiary/aromatic N) is 3. The summed E-state index contributed by atoms with van der Waals surface area (Å²) in [5.74, 6) is 0.121. The molecule has 0 saturated heterocycles. The van der Waals surface area contributed by atoms with E-state index in [0.29, 0.717) is 11.4 Å². The van der Waals surface area contributed by atoms with Crippen LogP contribution in [0.1, 0.15) is 47.1 Å². The molecule has 0 unspecified atom stereocenters. The highest BCUT2D eigenvalue weighted by molar-refractivity contribution is 7.10. The van der Waals surface area contributed by atoms with Gasteiger partial charge in [-0.15, -0.1) is 16.4 Å². The standard InChI is InChI=1S/C21H22N4O3S2/c1-28-16-10-8-15(9-11-16)25(21(27)17-13-30-24-23-17)19(18-7-4-12-29-18)20(26)22-14-5-2-3-6-14/h4,7-14,19H,2-3,5-6H2,1H3,(H,22,26)/t19-/m0/s1. The Morgan fingerprint density at radius 3 is 2.57 bits per heavy atom. The Hall–Kier alpha value is -2.78. The number of anilines is 1. The van der Waals surface area contributed by atoms with Gasteiger partial charge >= 0.3 is 0 Å². The van der Waals surface area contributed by atoms with Crippen molar-refractivity contribution in [3.05, 3.63) is 57.7 Å². The first-order valence-corrected chi connectivity index (χ1v) is 11.5. The molecule has 0 radical (unpaired) electrons. The number of methoxy groups -OCH3 is 1. The SMILES string of the molecule is COc1ccc(N(C(=O)c2csnn2)[C@H](C(=O)NC2CCCC2)c2cccs2)cc1. The van der Waals surface area contributed by atoms with Crippen LogP contribution in [0, 0.1) is 0 Å². The highest BCUT2D eigenvalue weighted by atomic mass is 32.1. The Balaban J connectivity index is 1.75. The number of carbonyl (C=O) groups is 2. The second-order valence-electron chi connectivity index (χ2n) is 7.07. The van der Waals surface area contributed by atoms with Crippen molar-refractivity contribution in [1.82, 2.24) is 14.9 Å². The molecule has 2 amide bonds. The van der Waals surface area contributed by atoms with Crippen LogP contribution in [0.25, 0.3) is 0 Å². The van der Waals surface area contributed by atoms with Gasteiger partial charge in [0, 0.05) is 22.0 Å². The second-order valence-corrected chi connectivity index (χ2v) is 8.66.